The largest absolute Gasteiger partial charge is 0.492 e. The van der Waals surface area contributed by atoms with E-state index in [0.29, 0.717) is 0 Å². The highest BCUT2D eigenvalue weighted by molar-refractivity contribution is 5.33. The highest BCUT2D eigenvalue weighted by Crippen LogP contribution is 2.18. The van der Waals surface area contributed by atoms with E-state index in [1.807, 2.05) is 12.1 Å². The van der Waals surface area contributed by atoms with Gasteiger partial charge in [0.05, 0.1) is 0 Å². The quantitative estimate of drug-likeness (QED) is 0.839. The molecule has 0 aliphatic rings. The zero-order chi connectivity index (χ0) is 13.6. The van der Waals surface area contributed by atoms with Crippen molar-refractivity contribution in [2.45, 2.75) is 32.9 Å². The minimum absolute atomic E-state index is 0.122. The molecule has 0 bridgehead atoms. The zero-order valence-electron chi connectivity index (χ0n) is 12.3. The Hall–Kier alpha value is -1.06. The molecule has 0 amide bonds. The van der Waals surface area contributed by atoms with Crippen molar-refractivity contribution in [3.05, 3.63) is 29.8 Å². The molecule has 18 heavy (non-hydrogen) atoms. The van der Waals surface area contributed by atoms with E-state index < -0.39 is 0 Å². The number of nitrogens with one attached hydrogen (secondary N) is 1. The molecule has 0 fully saturated rings. The van der Waals surface area contributed by atoms with Crippen molar-refractivity contribution in [2.75, 3.05) is 27.2 Å². The number of ether oxygens (including phenoxy) is 1. The van der Waals surface area contributed by atoms with Crippen LogP contribution in [0.25, 0.3) is 0 Å². The fourth-order valence-corrected chi connectivity index (χ4v) is 1.49. The fourth-order valence-electron chi connectivity index (χ4n) is 1.49. The van der Waals surface area contributed by atoms with Crippen LogP contribution in [0.2, 0.25) is 0 Å². The number of likely N-dealkylation sites (N-methyl/N-ethyl adjacent to an activating group) is 1. The molecular formula is C15H26N2O. The second-order valence-corrected chi connectivity index (χ2v) is 5.86. The minimum atomic E-state index is 0.122. The van der Waals surface area contributed by atoms with E-state index in [2.05, 4.69) is 57.2 Å². The maximum absolute atomic E-state index is 5.83. The van der Waals surface area contributed by atoms with Gasteiger partial charge in [0.25, 0.3) is 0 Å². The summed E-state index contributed by atoms with van der Waals surface area (Å²) < 4.78 is 5.83. The molecule has 0 aromatic heterocycles. The van der Waals surface area contributed by atoms with Crippen LogP contribution in [0.5, 0.6) is 5.75 Å². The molecule has 0 atom stereocenters. The molecule has 0 spiro atoms. The van der Waals surface area contributed by atoms with Gasteiger partial charge in [0.15, 0.2) is 0 Å². The molecule has 0 radical (unpaired) electrons. The minimum Gasteiger partial charge on any atom is -0.492 e. The van der Waals surface area contributed by atoms with Gasteiger partial charge in [-0.3, -0.25) is 0 Å². The van der Waals surface area contributed by atoms with Gasteiger partial charge in [-0.1, -0.05) is 18.2 Å². The van der Waals surface area contributed by atoms with Crippen molar-refractivity contribution in [3.8, 4) is 5.75 Å². The molecule has 1 rings (SSSR count). The highest BCUT2D eigenvalue weighted by Gasteiger charge is 2.10. The number of rotatable bonds is 6. The van der Waals surface area contributed by atoms with Crippen molar-refractivity contribution in [3.63, 3.8) is 0 Å². The molecule has 0 saturated carbocycles. The van der Waals surface area contributed by atoms with Crippen LogP contribution in [0.15, 0.2) is 24.3 Å². The van der Waals surface area contributed by atoms with Gasteiger partial charge in [-0.15, -0.1) is 0 Å². The van der Waals surface area contributed by atoms with Crippen molar-refractivity contribution < 1.29 is 4.74 Å². The van der Waals surface area contributed by atoms with Crippen molar-refractivity contribution in [2.24, 2.45) is 0 Å². The standard InChI is InChI=1S/C15H26N2O/c1-15(2,3)16-12-13-8-6-7-9-14(13)18-11-10-17(4)5/h6-9,16H,10-12H2,1-5H3. The van der Waals surface area contributed by atoms with Crippen molar-refractivity contribution in [1.82, 2.24) is 10.2 Å². The van der Waals surface area contributed by atoms with Crippen LogP contribution in [0.1, 0.15) is 26.3 Å². The fraction of sp³-hybridized carbons (Fsp3) is 0.600. The first-order chi connectivity index (χ1) is 8.38. The molecule has 1 N–H and O–H groups in total. The average molecular weight is 250 g/mol. The van der Waals surface area contributed by atoms with E-state index in [1.54, 1.807) is 0 Å². The van der Waals surface area contributed by atoms with Gasteiger partial charge >= 0.3 is 0 Å². The predicted molar refractivity (Wildman–Crippen MR) is 77.1 cm³/mol. The number of para-hydroxylation sites is 1. The van der Waals surface area contributed by atoms with E-state index in [9.17, 15) is 0 Å². The third-order valence-corrected chi connectivity index (χ3v) is 2.58. The normalized spacial score (nSPS) is 11.9. The van der Waals surface area contributed by atoms with Crippen LogP contribution < -0.4 is 10.1 Å². The molecule has 3 nitrogen and oxygen atoms in total. The number of hydrogen-bond donors (Lipinski definition) is 1. The molecule has 102 valence electrons. The molecule has 0 heterocycles. The van der Waals surface area contributed by atoms with E-state index >= 15 is 0 Å². The zero-order valence-corrected chi connectivity index (χ0v) is 12.3. The molecule has 0 aliphatic carbocycles. The van der Waals surface area contributed by atoms with Gasteiger partial charge in [-0.2, -0.15) is 0 Å². The monoisotopic (exact) mass is 250 g/mol. The Kier molecular flexibility index (Phi) is 5.63. The number of benzene rings is 1. The van der Waals surface area contributed by atoms with E-state index in [1.165, 1.54) is 5.56 Å². The van der Waals surface area contributed by atoms with Gasteiger partial charge in [0.1, 0.15) is 12.4 Å². The second kappa shape index (κ2) is 6.76. The number of hydrogen-bond acceptors (Lipinski definition) is 3. The van der Waals surface area contributed by atoms with E-state index in [4.69, 9.17) is 4.74 Å². The molecule has 3 heteroatoms. The van der Waals surface area contributed by atoms with Crippen LogP contribution in [0.3, 0.4) is 0 Å². The van der Waals surface area contributed by atoms with Crippen LogP contribution in [-0.4, -0.2) is 37.7 Å². The smallest absolute Gasteiger partial charge is 0.123 e. The molecule has 0 aliphatic heterocycles. The Morgan fingerprint density at radius 2 is 1.83 bits per heavy atom. The maximum Gasteiger partial charge on any atom is 0.123 e. The molecular weight excluding hydrogens is 224 g/mol. The maximum atomic E-state index is 5.83. The lowest BCUT2D eigenvalue weighted by Gasteiger charge is -2.22. The van der Waals surface area contributed by atoms with E-state index in [-0.39, 0.29) is 5.54 Å². The van der Waals surface area contributed by atoms with Crippen LogP contribution >= 0.6 is 0 Å². The first-order valence-electron chi connectivity index (χ1n) is 6.49. The topological polar surface area (TPSA) is 24.5 Å². The summed E-state index contributed by atoms with van der Waals surface area (Å²) in [6.45, 7) is 9.00. The summed E-state index contributed by atoms with van der Waals surface area (Å²) in [7, 11) is 4.10. The van der Waals surface area contributed by atoms with Gasteiger partial charge < -0.3 is 15.0 Å². The number of nitrogens with zero attached hydrogens (tertiary/aromatic N) is 1. The Labute approximate surface area is 111 Å². The Bertz CT molecular complexity index is 356. The molecule has 0 saturated heterocycles. The van der Waals surface area contributed by atoms with E-state index in [0.717, 1.165) is 25.4 Å². The summed E-state index contributed by atoms with van der Waals surface area (Å²) in [5.74, 6) is 0.983. The lowest BCUT2D eigenvalue weighted by molar-refractivity contribution is 0.258. The highest BCUT2D eigenvalue weighted by atomic mass is 16.5. The lowest BCUT2D eigenvalue weighted by Crippen LogP contribution is -2.35. The lowest BCUT2D eigenvalue weighted by atomic mass is 10.1. The van der Waals surface area contributed by atoms with Crippen LogP contribution in [-0.2, 0) is 6.54 Å². The Morgan fingerprint density at radius 1 is 1.17 bits per heavy atom. The Morgan fingerprint density at radius 3 is 2.44 bits per heavy atom. The summed E-state index contributed by atoms with van der Waals surface area (Å²) in [4.78, 5) is 2.12. The molecule has 1 aromatic rings. The summed E-state index contributed by atoms with van der Waals surface area (Å²) in [6, 6.07) is 8.23. The Balaban J connectivity index is 2.56. The summed E-state index contributed by atoms with van der Waals surface area (Å²) in [5.41, 5.74) is 1.34. The van der Waals surface area contributed by atoms with Crippen molar-refractivity contribution in [1.29, 1.82) is 0 Å². The third kappa shape index (κ3) is 6.03. The summed E-state index contributed by atoms with van der Waals surface area (Å²) in [5, 5.41) is 3.49. The second-order valence-electron chi connectivity index (χ2n) is 5.86. The first-order valence-corrected chi connectivity index (χ1v) is 6.49. The third-order valence-electron chi connectivity index (χ3n) is 2.58. The van der Waals surface area contributed by atoms with Gasteiger partial charge in [-0.25, -0.2) is 0 Å². The van der Waals surface area contributed by atoms with Crippen molar-refractivity contribution >= 4 is 0 Å². The van der Waals surface area contributed by atoms with Gasteiger partial charge in [-0.05, 0) is 40.9 Å². The van der Waals surface area contributed by atoms with Gasteiger partial charge in [0, 0.05) is 24.2 Å². The van der Waals surface area contributed by atoms with Crippen LogP contribution in [0, 0.1) is 0 Å². The molecule has 0 unspecified atom stereocenters. The first kappa shape index (κ1) is 15.0. The predicted octanol–water partition coefficient (Wildman–Crippen LogP) is 2.52. The summed E-state index contributed by atoms with van der Waals surface area (Å²) in [6.07, 6.45) is 0. The summed E-state index contributed by atoms with van der Waals surface area (Å²) >= 11 is 0. The van der Waals surface area contributed by atoms with Crippen LogP contribution in [0.4, 0.5) is 0 Å². The van der Waals surface area contributed by atoms with Gasteiger partial charge in [0.2, 0.25) is 0 Å². The molecule has 1 aromatic carbocycles. The average Bonchev–Trinajstić information content (AvgIpc) is 2.26. The SMILES string of the molecule is CN(C)CCOc1ccccc1CNC(C)(C)C.